The Balaban J connectivity index is 0.000000261. The highest BCUT2D eigenvalue weighted by atomic mass is 16.7. The second-order valence-electron chi connectivity index (χ2n) is 24.1. The largest absolute Gasteiger partial charge is 0.494 e. The molecule has 10 heteroatoms. The highest BCUT2D eigenvalue weighted by molar-refractivity contribution is 6.62. The van der Waals surface area contributed by atoms with Crippen molar-refractivity contribution in [3.8, 4) is 11.5 Å². The maximum Gasteiger partial charge on any atom is 0.494 e. The van der Waals surface area contributed by atoms with Gasteiger partial charge in [-0.25, -0.2) is 0 Å². The number of rotatable bonds is 16. The third-order valence-corrected chi connectivity index (χ3v) is 16.4. The number of aliphatic hydroxyl groups excluding tert-OH is 1. The molecule has 0 saturated carbocycles. The Morgan fingerprint density at radius 1 is 0.529 bits per heavy atom. The number of ether oxygens (including phenoxy) is 2. The number of hydrogen-bond acceptors (Lipinski definition) is 8. The van der Waals surface area contributed by atoms with Gasteiger partial charge in [-0.15, -0.1) is 0 Å². The van der Waals surface area contributed by atoms with Gasteiger partial charge in [0.25, 0.3) is 0 Å². The molecule has 2 fully saturated rings. The molecule has 0 aliphatic carbocycles. The van der Waals surface area contributed by atoms with E-state index in [2.05, 4.69) is 176 Å². The first-order valence-corrected chi connectivity index (χ1v) is 25.9. The maximum absolute atomic E-state index is 12.3. The Morgan fingerprint density at radius 2 is 0.843 bits per heavy atom. The van der Waals surface area contributed by atoms with Gasteiger partial charge in [0.15, 0.2) is 5.78 Å². The van der Waals surface area contributed by atoms with Crippen molar-refractivity contribution in [1.82, 2.24) is 0 Å². The van der Waals surface area contributed by atoms with Gasteiger partial charge in [-0.2, -0.15) is 0 Å². The molecule has 1 N–H and O–H groups in total. The van der Waals surface area contributed by atoms with Gasteiger partial charge in [0, 0.05) is 16.2 Å². The lowest BCUT2D eigenvalue weighted by atomic mass is 9.69. The van der Waals surface area contributed by atoms with Crippen LogP contribution in [0.15, 0.2) is 84.9 Å². The zero-order valence-electron chi connectivity index (χ0n) is 46.9. The van der Waals surface area contributed by atoms with E-state index in [0.717, 1.165) is 59.2 Å². The highest BCUT2D eigenvalue weighted by Gasteiger charge is 2.53. The number of Topliss-reactive ketones (excluding diaryl/α,β-unsaturated/α-hetero) is 1. The minimum Gasteiger partial charge on any atom is -0.491 e. The Labute approximate surface area is 424 Å². The van der Waals surface area contributed by atoms with Crippen molar-refractivity contribution in [3.63, 3.8) is 0 Å². The Kier molecular flexibility index (Phi) is 17.3. The first-order chi connectivity index (χ1) is 32.3. The molecule has 0 spiro atoms. The summed E-state index contributed by atoms with van der Waals surface area (Å²) in [5.41, 5.74) is 7.10. The summed E-state index contributed by atoms with van der Waals surface area (Å²) >= 11 is 0. The molecule has 4 aromatic rings. The molecule has 70 heavy (non-hydrogen) atoms. The molecule has 0 bridgehead atoms. The maximum atomic E-state index is 12.3. The summed E-state index contributed by atoms with van der Waals surface area (Å²) in [6.45, 7) is 42.0. The normalized spacial score (nSPS) is 18.0. The van der Waals surface area contributed by atoms with Gasteiger partial charge in [-0.3, -0.25) is 4.79 Å². The molecule has 2 aliphatic heterocycles. The molecule has 0 radical (unpaired) electrons. The van der Waals surface area contributed by atoms with Crippen LogP contribution >= 0.6 is 0 Å². The lowest BCUT2D eigenvalue weighted by molar-refractivity contribution is -0.128. The third-order valence-electron chi connectivity index (χ3n) is 16.4. The second-order valence-corrected chi connectivity index (χ2v) is 24.1. The molecule has 2 aliphatic rings. The Hall–Kier alpha value is -3.92. The molecule has 4 aromatic carbocycles. The summed E-state index contributed by atoms with van der Waals surface area (Å²) in [5, 5.41) is 10.4. The zero-order chi connectivity index (χ0) is 52.5. The van der Waals surface area contributed by atoms with Crippen LogP contribution in [0.1, 0.15) is 184 Å². The molecule has 6 rings (SSSR count). The van der Waals surface area contributed by atoms with E-state index in [1.54, 1.807) is 0 Å². The van der Waals surface area contributed by atoms with Crippen LogP contribution in [0.25, 0.3) is 0 Å². The molecular weight excluding hydrogens is 870 g/mol. The topological polar surface area (TPSA) is 92.7 Å². The summed E-state index contributed by atoms with van der Waals surface area (Å²) in [6.07, 6.45) is 3.40. The average molecular weight is 959 g/mol. The van der Waals surface area contributed by atoms with Gasteiger partial charge >= 0.3 is 14.2 Å². The van der Waals surface area contributed by atoms with Crippen molar-refractivity contribution in [2.75, 3.05) is 13.2 Å². The molecule has 382 valence electrons. The molecule has 1 unspecified atom stereocenters. The smallest absolute Gasteiger partial charge is 0.491 e. The van der Waals surface area contributed by atoms with Crippen molar-refractivity contribution in [1.29, 1.82) is 0 Å². The lowest BCUT2D eigenvalue weighted by Crippen LogP contribution is -2.41. The van der Waals surface area contributed by atoms with Crippen LogP contribution < -0.4 is 20.4 Å². The van der Waals surface area contributed by atoms with Crippen LogP contribution in [-0.2, 0) is 34.2 Å². The van der Waals surface area contributed by atoms with Crippen molar-refractivity contribution in [2.24, 2.45) is 10.8 Å². The Morgan fingerprint density at radius 3 is 1.13 bits per heavy atom. The van der Waals surface area contributed by atoms with Crippen LogP contribution in [0.2, 0.25) is 0 Å². The standard InChI is InChI=1S/C30H45BO4.C30H43BO4/c2*1-11-30(12-2,23-15-18-25(21(3)19-23)33-20-26(32)27(4,5)6)22-13-16-24(17-14-22)31-34-28(7,8)29(9,10)35-31/h13-19,26,32H,11-12,20H2,1-10H3;13-19H,11-12,20H2,1-10H3. The molecular formula is C60H88B2O8. The van der Waals surface area contributed by atoms with E-state index in [-0.39, 0.29) is 71.9 Å². The number of aryl methyl sites for hydroxylation is 2. The number of ketones is 1. The molecule has 8 nitrogen and oxygen atoms in total. The van der Waals surface area contributed by atoms with E-state index >= 15 is 0 Å². The Bertz CT molecular complexity index is 2350. The van der Waals surface area contributed by atoms with Crippen molar-refractivity contribution in [3.05, 3.63) is 118 Å². The van der Waals surface area contributed by atoms with Gasteiger partial charge in [0.1, 0.15) is 24.7 Å². The molecule has 1 atom stereocenters. The van der Waals surface area contributed by atoms with Crippen LogP contribution in [0.4, 0.5) is 0 Å². The van der Waals surface area contributed by atoms with E-state index in [1.165, 1.54) is 22.3 Å². The van der Waals surface area contributed by atoms with Gasteiger partial charge < -0.3 is 33.2 Å². The minimum atomic E-state index is -0.519. The van der Waals surface area contributed by atoms with Crippen LogP contribution in [0, 0.1) is 24.7 Å². The summed E-state index contributed by atoms with van der Waals surface area (Å²) in [5.74, 6) is 1.69. The molecule has 2 saturated heterocycles. The monoisotopic (exact) mass is 959 g/mol. The number of benzene rings is 4. The number of carbonyl (C=O) groups excluding carboxylic acids is 1. The van der Waals surface area contributed by atoms with Crippen molar-refractivity contribution >= 4 is 30.9 Å². The minimum absolute atomic E-state index is 0.0940. The van der Waals surface area contributed by atoms with Gasteiger partial charge in [-0.05, 0) is 157 Å². The van der Waals surface area contributed by atoms with E-state index in [9.17, 15) is 9.90 Å². The summed E-state index contributed by atoms with van der Waals surface area (Å²) in [4.78, 5) is 12.3. The zero-order valence-corrected chi connectivity index (χ0v) is 46.9. The average Bonchev–Trinajstić information content (AvgIpc) is 3.65. The van der Waals surface area contributed by atoms with Gasteiger partial charge in [0.2, 0.25) is 0 Å². The number of hydrogen-bond donors (Lipinski definition) is 1. The SMILES string of the molecule is CCC(CC)(c1ccc(B2OC(C)(C)C(C)(C)O2)cc1)c1ccc(OCC(=O)C(C)(C)C)c(C)c1.CCC(CC)(c1ccc(B2OC(C)(C)C(C)(C)O2)cc1)c1ccc(OCC(O)C(C)(C)C)c(C)c1. The predicted octanol–water partition coefficient (Wildman–Crippen LogP) is 12.6. The first-order valence-electron chi connectivity index (χ1n) is 25.9. The first kappa shape index (κ1) is 57.0. The van der Waals surface area contributed by atoms with Crippen LogP contribution in [0.5, 0.6) is 11.5 Å². The quantitative estimate of drug-likeness (QED) is 0.111. The van der Waals surface area contributed by atoms with Crippen molar-refractivity contribution < 1.29 is 38.0 Å². The van der Waals surface area contributed by atoms with Crippen LogP contribution in [-0.4, -0.2) is 66.8 Å². The summed E-state index contributed by atoms with van der Waals surface area (Å²) in [6, 6.07) is 30.3. The molecule has 2 heterocycles. The second kappa shape index (κ2) is 21.3. The van der Waals surface area contributed by atoms with Gasteiger partial charge in [-0.1, -0.05) is 142 Å². The fourth-order valence-electron chi connectivity index (χ4n) is 9.34. The summed E-state index contributed by atoms with van der Waals surface area (Å²) < 4.78 is 36.9. The molecule has 0 amide bonds. The third kappa shape index (κ3) is 11.9. The van der Waals surface area contributed by atoms with E-state index < -0.39 is 11.5 Å². The highest BCUT2D eigenvalue weighted by Crippen LogP contribution is 2.43. The lowest BCUT2D eigenvalue weighted by Gasteiger charge is -2.34. The fourth-order valence-corrected chi connectivity index (χ4v) is 9.34. The fraction of sp³-hybridized carbons (Fsp3) is 0.583. The van der Waals surface area contributed by atoms with E-state index in [1.807, 2.05) is 47.6 Å². The van der Waals surface area contributed by atoms with Crippen LogP contribution in [0.3, 0.4) is 0 Å². The number of carbonyl (C=O) groups is 1. The number of aliphatic hydroxyl groups is 1. The van der Waals surface area contributed by atoms with E-state index in [0.29, 0.717) is 0 Å². The summed E-state index contributed by atoms with van der Waals surface area (Å²) in [7, 11) is -0.713. The van der Waals surface area contributed by atoms with Gasteiger partial charge in [0.05, 0.1) is 28.5 Å². The molecule has 0 aromatic heterocycles. The predicted molar refractivity (Wildman–Crippen MR) is 290 cm³/mol. The van der Waals surface area contributed by atoms with Crippen molar-refractivity contribution in [2.45, 2.75) is 203 Å². The van der Waals surface area contributed by atoms with E-state index in [4.69, 9.17) is 28.1 Å².